The van der Waals surface area contributed by atoms with Gasteiger partial charge in [-0.05, 0) is 24.5 Å². The fraction of sp³-hybridized carbons (Fsp3) is 0.379. The lowest BCUT2D eigenvalue weighted by Crippen LogP contribution is -2.47. The SMILES string of the molecule is Cc1nn2c(N3CCN(CCc4ccccc4)CC3)cc(C(C)(C)C)nc2c1-c1ccccc1. The molecule has 0 bridgehead atoms. The van der Waals surface area contributed by atoms with Gasteiger partial charge in [0.1, 0.15) is 5.82 Å². The van der Waals surface area contributed by atoms with Gasteiger partial charge < -0.3 is 4.90 Å². The van der Waals surface area contributed by atoms with Crippen LogP contribution in [0.3, 0.4) is 0 Å². The molecule has 0 amide bonds. The normalized spacial score (nSPS) is 15.2. The number of benzene rings is 2. The Hall–Kier alpha value is -3.18. The molecule has 3 heterocycles. The largest absolute Gasteiger partial charge is 0.354 e. The van der Waals surface area contributed by atoms with E-state index in [0.29, 0.717) is 0 Å². The molecule has 5 heteroatoms. The van der Waals surface area contributed by atoms with Gasteiger partial charge in [-0.3, -0.25) is 4.90 Å². The van der Waals surface area contributed by atoms with Gasteiger partial charge in [-0.1, -0.05) is 81.4 Å². The van der Waals surface area contributed by atoms with Crippen molar-refractivity contribution in [3.8, 4) is 11.1 Å². The van der Waals surface area contributed by atoms with Crippen LogP contribution in [0.2, 0.25) is 0 Å². The van der Waals surface area contributed by atoms with Gasteiger partial charge in [-0.15, -0.1) is 0 Å². The van der Waals surface area contributed by atoms with Crippen LogP contribution in [0, 0.1) is 6.92 Å². The third-order valence-electron chi connectivity index (χ3n) is 6.83. The quantitative estimate of drug-likeness (QED) is 0.407. The van der Waals surface area contributed by atoms with Crippen molar-refractivity contribution < 1.29 is 0 Å². The molecule has 0 aliphatic carbocycles. The Kier molecular flexibility index (Phi) is 6.13. The van der Waals surface area contributed by atoms with Crippen LogP contribution in [0.1, 0.15) is 37.7 Å². The van der Waals surface area contributed by atoms with Gasteiger partial charge in [0.05, 0.1) is 11.4 Å². The van der Waals surface area contributed by atoms with Gasteiger partial charge in [-0.2, -0.15) is 9.61 Å². The van der Waals surface area contributed by atoms with Crippen molar-refractivity contribution in [2.24, 2.45) is 0 Å². The van der Waals surface area contributed by atoms with E-state index in [1.54, 1.807) is 0 Å². The van der Waals surface area contributed by atoms with E-state index >= 15 is 0 Å². The van der Waals surface area contributed by atoms with Crippen LogP contribution in [0.25, 0.3) is 16.8 Å². The first-order valence-corrected chi connectivity index (χ1v) is 12.4. The minimum absolute atomic E-state index is 0.0415. The molecule has 1 saturated heterocycles. The van der Waals surface area contributed by atoms with Crippen molar-refractivity contribution >= 4 is 11.5 Å². The van der Waals surface area contributed by atoms with Crippen molar-refractivity contribution in [2.45, 2.75) is 39.5 Å². The van der Waals surface area contributed by atoms with Crippen LogP contribution in [0.5, 0.6) is 0 Å². The Morgan fingerprint density at radius 2 is 1.50 bits per heavy atom. The summed E-state index contributed by atoms with van der Waals surface area (Å²) >= 11 is 0. The van der Waals surface area contributed by atoms with Crippen molar-refractivity contribution in [2.75, 3.05) is 37.6 Å². The van der Waals surface area contributed by atoms with Crippen LogP contribution in [-0.2, 0) is 11.8 Å². The second-order valence-electron chi connectivity index (χ2n) is 10.4. The molecule has 1 aliphatic rings. The van der Waals surface area contributed by atoms with E-state index in [1.165, 1.54) is 11.1 Å². The van der Waals surface area contributed by atoms with E-state index in [0.717, 1.165) is 67.6 Å². The van der Waals surface area contributed by atoms with Gasteiger partial charge in [-0.25, -0.2) is 4.98 Å². The monoisotopic (exact) mass is 453 g/mol. The van der Waals surface area contributed by atoms with E-state index in [-0.39, 0.29) is 5.41 Å². The summed E-state index contributed by atoms with van der Waals surface area (Å²) in [5.41, 5.74) is 6.76. The molecule has 0 atom stereocenters. The molecule has 1 fully saturated rings. The van der Waals surface area contributed by atoms with Crippen LogP contribution in [0.4, 0.5) is 5.82 Å². The third-order valence-corrected chi connectivity index (χ3v) is 6.83. The lowest BCUT2D eigenvalue weighted by atomic mass is 9.91. The fourth-order valence-electron chi connectivity index (χ4n) is 4.79. The third kappa shape index (κ3) is 4.58. The smallest absolute Gasteiger partial charge is 0.165 e. The zero-order valence-corrected chi connectivity index (χ0v) is 20.8. The molecule has 0 radical (unpaired) electrons. The second kappa shape index (κ2) is 9.22. The first kappa shape index (κ1) is 22.6. The van der Waals surface area contributed by atoms with Crippen molar-refractivity contribution in [1.82, 2.24) is 19.5 Å². The van der Waals surface area contributed by atoms with Crippen LogP contribution in [0.15, 0.2) is 66.7 Å². The average molecular weight is 454 g/mol. The Labute approximate surface area is 203 Å². The van der Waals surface area contributed by atoms with Crippen LogP contribution >= 0.6 is 0 Å². The predicted molar refractivity (Wildman–Crippen MR) is 141 cm³/mol. The van der Waals surface area contributed by atoms with Crippen molar-refractivity contribution in [3.63, 3.8) is 0 Å². The molecule has 176 valence electrons. The highest BCUT2D eigenvalue weighted by molar-refractivity contribution is 5.81. The number of hydrogen-bond donors (Lipinski definition) is 0. The Bertz CT molecular complexity index is 1250. The molecule has 34 heavy (non-hydrogen) atoms. The summed E-state index contributed by atoms with van der Waals surface area (Å²) in [5.74, 6) is 1.16. The molecule has 5 nitrogen and oxygen atoms in total. The summed E-state index contributed by atoms with van der Waals surface area (Å²) in [6.07, 6.45) is 1.10. The van der Waals surface area contributed by atoms with Crippen LogP contribution < -0.4 is 4.90 Å². The standard InChI is InChI=1S/C29H35N5/c1-22-27(24-13-9-6-10-14-24)28-30-25(29(2,3)4)21-26(34(28)31-22)33-19-17-32(18-20-33)16-15-23-11-7-5-8-12-23/h5-14,21H,15-20H2,1-4H3. The topological polar surface area (TPSA) is 36.7 Å². The van der Waals surface area contributed by atoms with E-state index < -0.39 is 0 Å². The highest BCUT2D eigenvalue weighted by atomic mass is 15.4. The average Bonchev–Trinajstić information content (AvgIpc) is 3.19. The highest BCUT2D eigenvalue weighted by Gasteiger charge is 2.26. The number of anilines is 1. The molecule has 0 saturated carbocycles. The Morgan fingerprint density at radius 3 is 2.15 bits per heavy atom. The van der Waals surface area contributed by atoms with Crippen molar-refractivity contribution in [3.05, 3.63) is 83.7 Å². The molecule has 2 aromatic carbocycles. The number of fused-ring (bicyclic) bond motifs is 1. The summed E-state index contributed by atoms with van der Waals surface area (Å²) in [5, 5.41) is 4.98. The maximum Gasteiger partial charge on any atom is 0.165 e. The summed E-state index contributed by atoms with van der Waals surface area (Å²) in [6, 6.07) is 23.6. The van der Waals surface area contributed by atoms with Gasteiger partial charge in [0, 0.05) is 49.8 Å². The van der Waals surface area contributed by atoms with Gasteiger partial charge in [0.2, 0.25) is 0 Å². The molecule has 4 aromatic rings. The Balaban J connectivity index is 1.44. The van der Waals surface area contributed by atoms with E-state index in [1.807, 2.05) is 0 Å². The van der Waals surface area contributed by atoms with Crippen LogP contribution in [-0.4, -0.2) is 52.2 Å². The first-order valence-electron chi connectivity index (χ1n) is 12.4. The molecule has 2 aromatic heterocycles. The maximum absolute atomic E-state index is 5.14. The molecule has 1 aliphatic heterocycles. The van der Waals surface area contributed by atoms with Gasteiger partial charge in [0.15, 0.2) is 5.65 Å². The highest BCUT2D eigenvalue weighted by Crippen LogP contribution is 2.33. The zero-order chi connectivity index (χ0) is 23.7. The molecular weight excluding hydrogens is 418 g/mol. The number of piperazine rings is 1. The molecule has 0 unspecified atom stereocenters. The molecule has 0 N–H and O–H groups in total. The van der Waals surface area contributed by atoms with E-state index in [9.17, 15) is 0 Å². The lowest BCUT2D eigenvalue weighted by Gasteiger charge is -2.36. The number of aromatic nitrogens is 3. The van der Waals surface area contributed by atoms with E-state index in [4.69, 9.17) is 10.1 Å². The summed E-state index contributed by atoms with van der Waals surface area (Å²) in [6.45, 7) is 14.0. The lowest BCUT2D eigenvalue weighted by molar-refractivity contribution is 0.260. The maximum atomic E-state index is 5.14. The number of nitrogens with zero attached hydrogens (tertiary/aromatic N) is 5. The van der Waals surface area contributed by atoms with E-state index in [2.05, 4.69) is 109 Å². The first-order chi connectivity index (χ1) is 16.4. The summed E-state index contributed by atoms with van der Waals surface area (Å²) in [7, 11) is 0. The Morgan fingerprint density at radius 1 is 0.853 bits per heavy atom. The summed E-state index contributed by atoms with van der Waals surface area (Å²) < 4.78 is 2.08. The second-order valence-corrected chi connectivity index (χ2v) is 10.4. The number of rotatable bonds is 5. The number of hydrogen-bond acceptors (Lipinski definition) is 4. The molecular formula is C29H35N5. The van der Waals surface area contributed by atoms with Crippen molar-refractivity contribution in [1.29, 1.82) is 0 Å². The minimum atomic E-state index is -0.0415. The molecule has 5 rings (SSSR count). The van der Waals surface area contributed by atoms with Gasteiger partial charge in [0.25, 0.3) is 0 Å². The fourth-order valence-corrected chi connectivity index (χ4v) is 4.79. The van der Waals surface area contributed by atoms with Gasteiger partial charge >= 0.3 is 0 Å². The number of aryl methyl sites for hydroxylation is 1. The predicted octanol–water partition coefficient (Wildman–Crippen LogP) is 5.37. The zero-order valence-electron chi connectivity index (χ0n) is 20.8. The molecule has 0 spiro atoms. The minimum Gasteiger partial charge on any atom is -0.354 e. The summed E-state index contributed by atoms with van der Waals surface area (Å²) in [4.78, 5) is 10.2.